The Morgan fingerprint density at radius 2 is 2.22 bits per heavy atom. The zero-order valence-electron chi connectivity index (χ0n) is 10.7. The van der Waals surface area contributed by atoms with Gasteiger partial charge in [0.15, 0.2) is 5.78 Å². The Morgan fingerprint density at radius 1 is 1.50 bits per heavy atom. The lowest BCUT2D eigenvalue weighted by Crippen LogP contribution is -2.40. The highest BCUT2D eigenvalue weighted by Crippen LogP contribution is 2.45. The number of aromatic nitrogens is 2. The number of H-pyrrole nitrogens is 1. The van der Waals surface area contributed by atoms with E-state index in [-0.39, 0.29) is 11.7 Å². The van der Waals surface area contributed by atoms with E-state index >= 15 is 0 Å². The summed E-state index contributed by atoms with van der Waals surface area (Å²) in [5, 5.41) is 6.70. The molecule has 5 heteroatoms. The van der Waals surface area contributed by atoms with Crippen LogP contribution in [-0.2, 0) is 6.42 Å². The molecule has 5 nitrogen and oxygen atoms in total. The van der Waals surface area contributed by atoms with Gasteiger partial charge in [-0.2, -0.15) is 5.10 Å². The van der Waals surface area contributed by atoms with Crippen molar-refractivity contribution in [2.45, 2.75) is 33.1 Å². The summed E-state index contributed by atoms with van der Waals surface area (Å²) in [6, 6.07) is 0. The fraction of sp³-hybridized carbons (Fsp3) is 0.615. The van der Waals surface area contributed by atoms with E-state index in [1.54, 1.807) is 0 Å². The summed E-state index contributed by atoms with van der Waals surface area (Å²) < 4.78 is 0. The number of amides is 1. The molecule has 96 valence electrons. The number of nitrogens with one attached hydrogen (secondary N) is 1. The average Bonchev–Trinajstić information content (AvgIpc) is 2.89. The van der Waals surface area contributed by atoms with E-state index in [9.17, 15) is 9.59 Å². The number of hydrogen-bond donors (Lipinski definition) is 1. The largest absolute Gasteiger partial charge is 0.336 e. The first kappa shape index (κ1) is 11.4. The van der Waals surface area contributed by atoms with Crippen LogP contribution in [0, 0.1) is 5.41 Å². The van der Waals surface area contributed by atoms with Crippen LogP contribution in [0.25, 0.3) is 0 Å². The molecule has 1 N–H and O–H groups in total. The van der Waals surface area contributed by atoms with Gasteiger partial charge in [0, 0.05) is 25.6 Å². The van der Waals surface area contributed by atoms with Crippen molar-refractivity contribution in [1.29, 1.82) is 0 Å². The minimum Gasteiger partial charge on any atom is -0.336 e. The molecule has 1 aliphatic heterocycles. The van der Waals surface area contributed by atoms with Crippen molar-refractivity contribution in [3.05, 3.63) is 17.0 Å². The molecule has 0 spiro atoms. The lowest BCUT2D eigenvalue weighted by molar-refractivity contribution is 0.0701. The van der Waals surface area contributed by atoms with Crippen LogP contribution in [0.4, 0.5) is 0 Å². The number of rotatable bonds is 3. The van der Waals surface area contributed by atoms with Crippen LogP contribution in [0.3, 0.4) is 0 Å². The first-order valence-electron chi connectivity index (χ1n) is 6.38. The van der Waals surface area contributed by atoms with Gasteiger partial charge < -0.3 is 4.90 Å². The van der Waals surface area contributed by atoms with E-state index in [1.807, 2.05) is 4.90 Å². The summed E-state index contributed by atoms with van der Waals surface area (Å²) in [6.45, 7) is 5.21. The number of Topliss-reactive ketones (excluding diaryl/α,β-unsaturated/α-hetero) is 1. The van der Waals surface area contributed by atoms with Crippen molar-refractivity contribution in [3.63, 3.8) is 0 Å². The molecular formula is C13H17N3O2. The third kappa shape index (κ3) is 1.74. The third-order valence-corrected chi connectivity index (χ3v) is 4.01. The Hall–Kier alpha value is -1.65. The highest BCUT2D eigenvalue weighted by Gasteiger charge is 2.41. The molecule has 0 unspecified atom stereocenters. The number of hydrogen-bond acceptors (Lipinski definition) is 3. The number of ketones is 1. The van der Waals surface area contributed by atoms with E-state index in [0.29, 0.717) is 23.3 Å². The molecule has 1 amide bonds. The summed E-state index contributed by atoms with van der Waals surface area (Å²) in [6.07, 6.45) is 3.12. The fourth-order valence-corrected chi connectivity index (χ4v) is 2.57. The molecule has 2 aliphatic rings. The molecule has 0 radical (unpaired) electrons. The Balaban J connectivity index is 1.86. The fourth-order valence-electron chi connectivity index (χ4n) is 2.57. The van der Waals surface area contributed by atoms with Crippen LogP contribution in [0.1, 0.15) is 53.2 Å². The van der Waals surface area contributed by atoms with Crippen molar-refractivity contribution in [1.82, 2.24) is 15.1 Å². The van der Waals surface area contributed by atoms with Gasteiger partial charge in [-0.15, -0.1) is 0 Å². The molecule has 1 saturated carbocycles. The molecule has 0 aromatic carbocycles. The lowest BCUT2D eigenvalue weighted by atomic mass is 10.0. The summed E-state index contributed by atoms with van der Waals surface area (Å²) in [4.78, 5) is 25.6. The van der Waals surface area contributed by atoms with E-state index < -0.39 is 0 Å². The van der Waals surface area contributed by atoms with Gasteiger partial charge in [0.05, 0.1) is 0 Å². The summed E-state index contributed by atoms with van der Waals surface area (Å²) in [7, 11) is 0. The monoisotopic (exact) mass is 247 g/mol. The van der Waals surface area contributed by atoms with E-state index in [0.717, 1.165) is 18.5 Å². The van der Waals surface area contributed by atoms with E-state index in [4.69, 9.17) is 0 Å². The Morgan fingerprint density at radius 3 is 2.83 bits per heavy atom. The molecule has 3 rings (SSSR count). The summed E-state index contributed by atoms with van der Waals surface area (Å²) in [5.41, 5.74) is 2.05. The molecular weight excluding hydrogens is 230 g/mol. The van der Waals surface area contributed by atoms with Gasteiger partial charge in [-0.25, -0.2) is 0 Å². The van der Waals surface area contributed by atoms with Crippen LogP contribution in [0.5, 0.6) is 0 Å². The van der Waals surface area contributed by atoms with Crippen LogP contribution < -0.4 is 0 Å². The van der Waals surface area contributed by atoms with Gasteiger partial charge in [-0.1, -0.05) is 6.92 Å². The van der Waals surface area contributed by atoms with Crippen molar-refractivity contribution < 1.29 is 9.59 Å². The maximum absolute atomic E-state index is 12.3. The highest BCUT2D eigenvalue weighted by molar-refractivity contribution is 6.00. The predicted molar refractivity (Wildman–Crippen MR) is 65.5 cm³/mol. The smallest absolute Gasteiger partial charge is 0.272 e. The molecule has 0 atom stereocenters. The molecule has 1 aromatic rings. The standard InChI is InChI=1S/C13H17N3O2/c1-8(17)10-9-3-6-16(7-13(2)4-5-13)12(18)11(9)15-14-10/h3-7H2,1-2H3,(H,14,15). The first-order chi connectivity index (χ1) is 8.50. The first-order valence-corrected chi connectivity index (χ1v) is 6.38. The van der Waals surface area contributed by atoms with Crippen LogP contribution >= 0.6 is 0 Å². The second-order valence-corrected chi connectivity index (χ2v) is 5.77. The van der Waals surface area contributed by atoms with Crippen molar-refractivity contribution in [2.24, 2.45) is 5.41 Å². The van der Waals surface area contributed by atoms with E-state index in [2.05, 4.69) is 17.1 Å². The van der Waals surface area contributed by atoms with Crippen molar-refractivity contribution >= 4 is 11.7 Å². The predicted octanol–water partition coefficient (Wildman–Crippen LogP) is 1.41. The lowest BCUT2D eigenvalue weighted by Gasteiger charge is -2.29. The molecule has 18 heavy (non-hydrogen) atoms. The number of carbonyl (C=O) groups is 2. The number of carbonyl (C=O) groups excluding carboxylic acids is 2. The molecule has 1 fully saturated rings. The van der Waals surface area contributed by atoms with Gasteiger partial charge in [0.2, 0.25) is 0 Å². The number of nitrogens with zero attached hydrogens (tertiary/aromatic N) is 2. The molecule has 0 saturated heterocycles. The van der Waals surface area contributed by atoms with Crippen LogP contribution in [0.15, 0.2) is 0 Å². The average molecular weight is 247 g/mol. The molecule has 1 aromatic heterocycles. The minimum absolute atomic E-state index is 0.00984. The molecule has 1 aliphatic carbocycles. The van der Waals surface area contributed by atoms with Crippen LogP contribution in [0.2, 0.25) is 0 Å². The van der Waals surface area contributed by atoms with E-state index in [1.165, 1.54) is 19.8 Å². The van der Waals surface area contributed by atoms with Crippen LogP contribution in [-0.4, -0.2) is 39.9 Å². The number of aromatic amines is 1. The molecule has 2 heterocycles. The Bertz CT molecular complexity index is 528. The van der Waals surface area contributed by atoms with Gasteiger partial charge in [-0.05, 0) is 24.7 Å². The van der Waals surface area contributed by atoms with Gasteiger partial charge in [0.25, 0.3) is 5.91 Å². The Kier molecular flexibility index (Phi) is 2.33. The third-order valence-electron chi connectivity index (χ3n) is 4.01. The maximum atomic E-state index is 12.3. The zero-order valence-corrected chi connectivity index (χ0v) is 10.7. The van der Waals surface area contributed by atoms with Crippen molar-refractivity contribution in [3.8, 4) is 0 Å². The SMILES string of the molecule is CC(=O)c1n[nH]c2c1CCN(CC1(C)CC1)C2=O. The van der Waals surface area contributed by atoms with Crippen molar-refractivity contribution in [2.75, 3.05) is 13.1 Å². The number of fused-ring (bicyclic) bond motifs is 1. The highest BCUT2D eigenvalue weighted by atomic mass is 16.2. The second-order valence-electron chi connectivity index (χ2n) is 5.77. The Labute approximate surface area is 106 Å². The normalized spacial score (nSPS) is 20.8. The van der Waals surface area contributed by atoms with Gasteiger partial charge >= 0.3 is 0 Å². The maximum Gasteiger partial charge on any atom is 0.272 e. The molecule has 0 bridgehead atoms. The minimum atomic E-state index is -0.0806. The second kappa shape index (κ2) is 3.67. The summed E-state index contributed by atoms with van der Waals surface area (Å²) in [5.74, 6) is -0.0905. The topological polar surface area (TPSA) is 66.1 Å². The zero-order chi connectivity index (χ0) is 12.9. The quantitative estimate of drug-likeness (QED) is 0.821. The van der Waals surface area contributed by atoms with Gasteiger partial charge in [0.1, 0.15) is 11.4 Å². The van der Waals surface area contributed by atoms with Gasteiger partial charge in [-0.3, -0.25) is 14.7 Å². The summed E-state index contributed by atoms with van der Waals surface area (Å²) >= 11 is 0.